The Morgan fingerprint density at radius 1 is 0.808 bits per heavy atom. The molecular weight excluding hydrogens is 698 g/mol. The molecule has 2 aliphatic heterocycles. The van der Waals surface area contributed by atoms with Gasteiger partial charge in [-0.25, -0.2) is 9.59 Å². The van der Waals surface area contributed by atoms with Crippen LogP contribution in [0, 0.1) is 0 Å². The third kappa shape index (κ3) is 11.1. The van der Waals surface area contributed by atoms with E-state index in [2.05, 4.69) is 29.7 Å². The second-order valence-corrected chi connectivity index (χ2v) is 19.2. The van der Waals surface area contributed by atoms with E-state index in [9.17, 15) is 29.8 Å². The summed E-state index contributed by atoms with van der Waals surface area (Å²) in [6.45, 7) is 10.1. The summed E-state index contributed by atoms with van der Waals surface area (Å²) in [6, 6.07) is 15.4. The predicted molar refractivity (Wildman–Crippen MR) is 184 cm³/mol. The van der Waals surface area contributed by atoms with E-state index in [-0.39, 0.29) is 17.7 Å². The van der Waals surface area contributed by atoms with Gasteiger partial charge in [0.05, 0.1) is 17.2 Å². The van der Waals surface area contributed by atoms with Crippen LogP contribution < -0.4 is 0 Å². The number of hydrogen-bond acceptors (Lipinski definition) is 14. The lowest BCUT2D eigenvalue weighted by Gasteiger charge is -2.48. The van der Waals surface area contributed by atoms with Crippen LogP contribution in [0.4, 0.5) is 0 Å². The zero-order valence-corrected chi connectivity index (χ0v) is 30.9. The monoisotopic (exact) mass is 743 g/mol. The highest BCUT2D eigenvalue weighted by Crippen LogP contribution is 2.35. The van der Waals surface area contributed by atoms with Gasteiger partial charge in [-0.05, 0) is 42.8 Å². The topological polar surface area (TPSA) is 211 Å². The minimum absolute atomic E-state index is 0.195. The predicted octanol–water partition coefficient (Wildman–Crippen LogP) is 4.18. The second-order valence-electron chi connectivity index (χ2n) is 13.6. The molecule has 282 valence electrons. The summed E-state index contributed by atoms with van der Waals surface area (Å²) in [4.78, 5) is 53.6. The zero-order valence-electron chi connectivity index (χ0n) is 29.9. The number of carbonyl (C=O) groups is 4. The Hall–Kier alpha value is -4.35. The number of ether oxygens (including phenoxy) is 8. The summed E-state index contributed by atoms with van der Waals surface area (Å²) in [5, 5.41) is 15.1. The van der Waals surface area contributed by atoms with E-state index >= 15 is 0 Å². The van der Waals surface area contributed by atoms with Crippen molar-refractivity contribution >= 4 is 32.0 Å². The Kier molecular flexibility index (Phi) is 14.3. The van der Waals surface area contributed by atoms with Gasteiger partial charge in [-0.1, -0.05) is 61.2 Å². The van der Waals surface area contributed by atoms with Crippen molar-refractivity contribution in [1.82, 2.24) is 0 Å². The van der Waals surface area contributed by atoms with Gasteiger partial charge in [0.25, 0.3) is 0 Å². The number of rotatable bonds is 14. The van der Waals surface area contributed by atoms with Crippen molar-refractivity contribution in [1.29, 1.82) is 0 Å². The summed E-state index contributed by atoms with van der Waals surface area (Å²) >= 11 is 0. The van der Waals surface area contributed by atoms with Crippen LogP contribution in [-0.2, 0) is 47.5 Å². The zero-order chi connectivity index (χ0) is 38.0. The van der Waals surface area contributed by atoms with E-state index in [0.29, 0.717) is 0 Å². The molecule has 10 atom stereocenters. The lowest BCUT2D eigenvalue weighted by Crippen LogP contribution is -2.65. The highest BCUT2D eigenvalue weighted by atomic mass is 28.3. The molecule has 2 aliphatic rings. The fourth-order valence-electron chi connectivity index (χ4n) is 5.59. The van der Waals surface area contributed by atoms with E-state index in [1.54, 1.807) is 67.6 Å². The van der Waals surface area contributed by atoms with Crippen LogP contribution in [-0.4, -0.2) is 112 Å². The maximum Gasteiger partial charge on any atom is 0.338 e. The molecule has 0 aromatic heterocycles. The van der Waals surface area contributed by atoms with Crippen molar-refractivity contribution in [3.63, 3.8) is 0 Å². The molecule has 0 bridgehead atoms. The molecule has 0 unspecified atom stereocenters. The number of carbonyl (C=O) groups excluding carboxylic acids is 4. The second kappa shape index (κ2) is 18.4. The Labute approximate surface area is 302 Å². The molecule has 2 saturated heterocycles. The summed E-state index contributed by atoms with van der Waals surface area (Å²) in [7, 11) is -1.61. The van der Waals surface area contributed by atoms with E-state index < -0.39 is 99.9 Å². The first kappa shape index (κ1) is 40.4. The lowest BCUT2D eigenvalue weighted by molar-refractivity contribution is -0.340. The summed E-state index contributed by atoms with van der Waals surface area (Å²) in [6.07, 6.45) is -12.5. The Morgan fingerprint density at radius 2 is 1.38 bits per heavy atom. The maximum absolute atomic E-state index is 13.6. The van der Waals surface area contributed by atoms with Crippen LogP contribution in [0.1, 0.15) is 41.5 Å². The van der Waals surface area contributed by atoms with Gasteiger partial charge >= 0.3 is 23.9 Å². The Morgan fingerprint density at radius 3 is 1.90 bits per heavy atom. The van der Waals surface area contributed by atoms with Gasteiger partial charge in [0, 0.05) is 33.4 Å². The molecule has 2 aromatic carbocycles. The number of aliphatic hydroxyl groups is 1. The Bertz CT molecular complexity index is 1570. The number of hydrogen-bond donors (Lipinski definition) is 1. The van der Waals surface area contributed by atoms with Gasteiger partial charge in [0.1, 0.15) is 31.0 Å². The first-order valence-electron chi connectivity index (χ1n) is 16.8. The van der Waals surface area contributed by atoms with Crippen molar-refractivity contribution in [2.75, 3.05) is 13.2 Å². The van der Waals surface area contributed by atoms with Gasteiger partial charge in [0.2, 0.25) is 0 Å². The maximum atomic E-state index is 13.6. The number of benzene rings is 2. The molecular formula is C35H45N3O13Si. The van der Waals surface area contributed by atoms with Gasteiger partial charge in [-0.3, -0.25) is 9.59 Å². The minimum Gasteiger partial charge on any atom is -0.463 e. The molecule has 0 amide bonds. The van der Waals surface area contributed by atoms with Crippen LogP contribution in [0.5, 0.6) is 0 Å². The fraction of sp³-hybridized carbons (Fsp3) is 0.543. The smallest absolute Gasteiger partial charge is 0.338 e. The molecule has 4 rings (SSSR count). The Balaban J connectivity index is 1.78. The molecule has 0 aliphatic carbocycles. The van der Waals surface area contributed by atoms with Crippen molar-refractivity contribution in [3.05, 3.63) is 82.2 Å². The third-order valence-corrected chi connectivity index (χ3v) is 9.94. The van der Waals surface area contributed by atoms with Gasteiger partial charge in [-0.2, -0.15) is 0 Å². The normalized spacial score (nSPS) is 28.8. The van der Waals surface area contributed by atoms with Gasteiger partial charge in [0.15, 0.2) is 30.9 Å². The first-order chi connectivity index (χ1) is 24.7. The SMILES string of the molecule is CC(=O)OC[C@H]1O[C@H](O[C@@H]2[C@@H](OC(=O)c3ccccc3)[C@H](C)O[C@@H](OCC[Si](C)(C)C)[C@@H]2OC(=O)c2ccccc2)[C@H](N=[N+]=[N-])[C@@H](O)[C@@H]1OC(C)=O. The standard InChI is InChI=1S/C35H45N3O13Si/c1-20-28(49-32(42)23-13-9-7-10-14-23)30(31(35(46-20)44-17-18-52(4,5)6)50-33(43)24-15-11-8-12-16-24)51-34-26(37-38-36)27(41)29(47-22(3)40)25(48-34)19-45-21(2)39/h7-16,20,25-31,34-35,41H,17-19H2,1-6H3/t20-,25+,26+,27+,28-,29+,30+,31+,34+,35+/m0/s1. The molecule has 0 radical (unpaired) electrons. The van der Waals surface area contributed by atoms with E-state index in [1.807, 2.05) is 0 Å². The largest absolute Gasteiger partial charge is 0.463 e. The molecule has 17 heteroatoms. The first-order valence-corrected chi connectivity index (χ1v) is 20.5. The number of azide groups is 1. The molecule has 0 saturated carbocycles. The van der Waals surface area contributed by atoms with E-state index in [1.165, 1.54) is 0 Å². The van der Waals surface area contributed by atoms with Gasteiger partial charge < -0.3 is 43.0 Å². The molecule has 2 aromatic rings. The van der Waals surface area contributed by atoms with Crippen LogP contribution in [0.2, 0.25) is 25.7 Å². The quantitative estimate of drug-likeness (QED) is 0.0720. The fourth-order valence-corrected chi connectivity index (χ4v) is 6.32. The van der Waals surface area contributed by atoms with E-state index in [0.717, 1.165) is 19.9 Å². The molecule has 2 fully saturated rings. The summed E-state index contributed by atoms with van der Waals surface area (Å²) in [5.74, 6) is -3.01. The van der Waals surface area contributed by atoms with Crippen molar-refractivity contribution in [2.24, 2.45) is 5.11 Å². The number of aliphatic hydroxyl groups excluding tert-OH is 1. The van der Waals surface area contributed by atoms with Crippen molar-refractivity contribution < 1.29 is 62.2 Å². The van der Waals surface area contributed by atoms with E-state index in [4.69, 9.17) is 37.9 Å². The highest BCUT2D eigenvalue weighted by molar-refractivity contribution is 6.76. The van der Waals surface area contributed by atoms with Crippen molar-refractivity contribution in [3.8, 4) is 0 Å². The molecule has 1 N–H and O–H groups in total. The summed E-state index contributed by atoms with van der Waals surface area (Å²) in [5.41, 5.74) is 9.90. The number of esters is 4. The molecule has 52 heavy (non-hydrogen) atoms. The van der Waals surface area contributed by atoms with Crippen LogP contribution >= 0.6 is 0 Å². The molecule has 2 heterocycles. The molecule has 0 spiro atoms. The third-order valence-electron chi connectivity index (χ3n) is 8.24. The average molecular weight is 744 g/mol. The van der Waals surface area contributed by atoms with Gasteiger partial charge in [-0.15, -0.1) is 0 Å². The van der Waals surface area contributed by atoms with Crippen LogP contribution in [0.25, 0.3) is 10.4 Å². The lowest BCUT2D eigenvalue weighted by atomic mass is 9.95. The number of nitrogens with zero attached hydrogens (tertiary/aromatic N) is 3. The minimum atomic E-state index is -1.73. The highest BCUT2D eigenvalue weighted by Gasteiger charge is 2.55. The average Bonchev–Trinajstić information content (AvgIpc) is 3.09. The summed E-state index contributed by atoms with van der Waals surface area (Å²) < 4.78 is 47.5. The molecule has 16 nitrogen and oxygen atoms in total. The van der Waals surface area contributed by atoms with Crippen molar-refractivity contribution in [2.45, 2.75) is 108 Å². The van der Waals surface area contributed by atoms with Crippen LogP contribution in [0.3, 0.4) is 0 Å². The van der Waals surface area contributed by atoms with Crippen LogP contribution in [0.15, 0.2) is 65.8 Å².